The van der Waals surface area contributed by atoms with Crippen molar-refractivity contribution in [2.24, 2.45) is 5.41 Å². The van der Waals surface area contributed by atoms with Crippen molar-refractivity contribution in [1.82, 2.24) is 0 Å². The fourth-order valence-electron chi connectivity index (χ4n) is 7.16. The molecular weight excluding hydrogens is 362 g/mol. The quantitative estimate of drug-likeness (QED) is 0.457. The number of carbonyl (C=O) groups excluding carboxylic acids is 1. The zero-order chi connectivity index (χ0) is 20.0. The van der Waals surface area contributed by atoms with Gasteiger partial charge in [-0.1, -0.05) is 60.7 Å². The highest BCUT2D eigenvalue weighted by Crippen LogP contribution is 2.75. The van der Waals surface area contributed by atoms with Crippen molar-refractivity contribution in [3.8, 4) is 0 Å². The zero-order valence-corrected chi connectivity index (χ0v) is 17.2. The summed E-state index contributed by atoms with van der Waals surface area (Å²) in [7, 11) is 4.63. The Morgan fingerprint density at radius 3 is 2.24 bits per heavy atom. The van der Waals surface area contributed by atoms with Crippen molar-refractivity contribution < 1.29 is 18.8 Å². The summed E-state index contributed by atoms with van der Waals surface area (Å²) in [6, 6.07) is 21.2. The van der Waals surface area contributed by atoms with Crippen molar-refractivity contribution in [3.05, 3.63) is 71.8 Å². The third kappa shape index (κ3) is 2.04. The van der Waals surface area contributed by atoms with E-state index < -0.39 is 5.41 Å². The van der Waals surface area contributed by atoms with Crippen molar-refractivity contribution in [2.45, 2.75) is 55.6 Å². The Morgan fingerprint density at radius 2 is 1.66 bits per heavy atom. The molecule has 150 valence electrons. The van der Waals surface area contributed by atoms with Gasteiger partial charge in [0.05, 0.1) is 14.1 Å². The number of epoxide rings is 1. The summed E-state index contributed by atoms with van der Waals surface area (Å²) >= 11 is 0. The first kappa shape index (κ1) is 17.7. The largest absolute Gasteiger partial charge is 0.461 e. The molecule has 29 heavy (non-hydrogen) atoms. The molecular formula is C25H28NO3+. The molecule has 2 saturated carbocycles. The van der Waals surface area contributed by atoms with E-state index in [1.54, 1.807) is 0 Å². The smallest absolute Gasteiger partial charge is 0.321 e. The predicted octanol–water partition coefficient (Wildman–Crippen LogP) is 3.29. The molecule has 4 aliphatic rings. The van der Waals surface area contributed by atoms with Crippen LogP contribution in [0.3, 0.4) is 0 Å². The number of ether oxygens (including phenoxy) is 2. The molecule has 2 aliphatic heterocycles. The molecule has 0 aromatic heterocycles. The van der Waals surface area contributed by atoms with Crippen molar-refractivity contribution in [3.63, 3.8) is 0 Å². The van der Waals surface area contributed by atoms with Crippen LogP contribution >= 0.6 is 0 Å². The van der Waals surface area contributed by atoms with Crippen molar-refractivity contribution >= 4 is 5.97 Å². The number of quaternary nitrogens is 1. The number of nitrogens with zero attached hydrogens (tertiary/aromatic N) is 1. The Morgan fingerprint density at radius 1 is 1.07 bits per heavy atom. The van der Waals surface area contributed by atoms with Gasteiger partial charge in [-0.2, -0.15) is 0 Å². The molecule has 0 bridgehead atoms. The Hall–Kier alpha value is -2.17. The van der Waals surface area contributed by atoms with Gasteiger partial charge in [-0.3, -0.25) is 4.79 Å². The normalized spacial score (nSPS) is 38.0. The Labute approximate surface area is 172 Å². The topological polar surface area (TPSA) is 38.8 Å². The maximum atomic E-state index is 13.7. The van der Waals surface area contributed by atoms with Gasteiger partial charge in [0.25, 0.3) is 0 Å². The average Bonchev–Trinajstić information content (AvgIpc) is 3.32. The van der Waals surface area contributed by atoms with E-state index in [0.29, 0.717) is 24.3 Å². The number of hydrogen-bond donors (Lipinski definition) is 0. The average molecular weight is 391 g/mol. The lowest BCUT2D eigenvalue weighted by atomic mass is 9.52. The summed E-state index contributed by atoms with van der Waals surface area (Å²) in [5.41, 5.74) is 1.39. The van der Waals surface area contributed by atoms with Crippen LogP contribution < -0.4 is 0 Å². The molecule has 2 aromatic carbocycles. The van der Waals surface area contributed by atoms with Crippen LogP contribution in [-0.2, 0) is 19.7 Å². The second-order valence-corrected chi connectivity index (χ2v) is 10.0. The monoisotopic (exact) mass is 390 g/mol. The summed E-state index contributed by atoms with van der Waals surface area (Å²) < 4.78 is 13.2. The van der Waals surface area contributed by atoms with Gasteiger partial charge in [0.2, 0.25) is 0 Å². The number of fused-ring (bicyclic) bond motifs is 2. The number of hydrogen-bond acceptors (Lipinski definition) is 3. The molecule has 4 heteroatoms. The van der Waals surface area contributed by atoms with E-state index in [-0.39, 0.29) is 17.5 Å². The second-order valence-electron chi connectivity index (χ2n) is 10.0. The van der Waals surface area contributed by atoms with Gasteiger partial charge in [-0.25, -0.2) is 0 Å². The van der Waals surface area contributed by atoms with Crippen LogP contribution in [0.2, 0.25) is 0 Å². The predicted molar refractivity (Wildman–Crippen MR) is 109 cm³/mol. The summed E-state index contributed by atoms with van der Waals surface area (Å²) in [6.45, 7) is 1.99. The molecule has 2 saturated heterocycles. The Kier molecular flexibility index (Phi) is 3.35. The summed E-state index contributed by atoms with van der Waals surface area (Å²) in [5.74, 6) is -0.146. The highest BCUT2D eigenvalue weighted by Gasteiger charge is 2.93. The van der Waals surface area contributed by atoms with Crippen molar-refractivity contribution in [2.75, 3.05) is 14.1 Å². The fourth-order valence-corrected chi connectivity index (χ4v) is 7.16. The molecule has 6 rings (SSSR count). The van der Waals surface area contributed by atoms with Crippen LogP contribution in [-0.4, -0.2) is 54.9 Å². The number of carbonyl (C=O) groups is 1. The summed E-state index contributed by atoms with van der Waals surface area (Å²) in [5, 5.41) is 0. The van der Waals surface area contributed by atoms with Crippen LogP contribution in [0, 0.1) is 5.41 Å². The molecule has 2 aliphatic carbocycles. The van der Waals surface area contributed by atoms with Crippen LogP contribution in [0.5, 0.6) is 0 Å². The van der Waals surface area contributed by atoms with Gasteiger partial charge < -0.3 is 14.0 Å². The van der Waals surface area contributed by atoms with E-state index >= 15 is 0 Å². The first-order valence-electron chi connectivity index (χ1n) is 10.7. The molecule has 0 amide bonds. The molecule has 6 atom stereocenters. The highest BCUT2D eigenvalue weighted by molar-refractivity contribution is 5.87. The number of benzene rings is 2. The van der Waals surface area contributed by atoms with Gasteiger partial charge in [0.1, 0.15) is 41.2 Å². The summed E-state index contributed by atoms with van der Waals surface area (Å²) in [4.78, 5) is 13.7. The lowest BCUT2D eigenvalue weighted by molar-refractivity contribution is -1.01. The Bertz CT molecular complexity index is 933. The minimum Gasteiger partial charge on any atom is -0.461 e. The van der Waals surface area contributed by atoms with E-state index in [1.807, 2.05) is 67.6 Å². The zero-order valence-electron chi connectivity index (χ0n) is 17.2. The SMILES string of the molecule is CC(C(=O)O[C@H]1CC2[C@]3(C1)C1O[C@@H]1C3[N+]2(C)C)(c1ccccc1)c1ccccc1. The molecule has 0 radical (unpaired) electrons. The highest BCUT2D eigenvalue weighted by atomic mass is 16.6. The van der Waals surface area contributed by atoms with Crippen molar-refractivity contribution in [1.29, 1.82) is 0 Å². The standard InChI is InChI=1S/C25H28NO3/c1-24(16-10-6-4-7-11-16,17-12-8-5-9-13-17)23(27)28-18-14-19-25(15-18)21(26(19,2)3)20-22(25)29-20/h4-13,18-22H,14-15H2,1-3H3/q+1/t18-,19?,20+,21?,22?,25-/m0/s1. The van der Waals surface area contributed by atoms with Gasteiger partial charge in [-0.05, 0) is 18.1 Å². The van der Waals surface area contributed by atoms with Crippen LogP contribution in [0.25, 0.3) is 0 Å². The van der Waals surface area contributed by atoms with Gasteiger partial charge in [-0.15, -0.1) is 0 Å². The molecule has 2 heterocycles. The van der Waals surface area contributed by atoms with Crippen LogP contribution in [0.1, 0.15) is 30.9 Å². The minimum atomic E-state index is -0.816. The lowest BCUT2D eigenvalue weighted by Gasteiger charge is -2.67. The van der Waals surface area contributed by atoms with E-state index in [2.05, 4.69) is 14.1 Å². The number of likely N-dealkylation sites (N-methyl/N-ethyl adjacent to an activating group) is 1. The molecule has 0 N–H and O–H groups in total. The lowest BCUT2D eigenvalue weighted by Crippen LogP contribution is -2.86. The first-order valence-corrected chi connectivity index (χ1v) is 10.7. The molecule has 4 fully saturated rings. The maximum absolute atomic E-state index is 13.7. The minimum absolute atomic E-state index is 0.0215. The van der Waals surface area contributed by atoms with E-state index in [4.69, 9.17) is 9.47 Å². The third-order valence-electron chi connectivity index (χ3n) is 8.51. The first-order chi connectivity index (χ1) is 13.9. The third-order valence-corrected chi connectivity index (χ3v) is 8.51. The second kappa shape index (κ2) is 5.50. The fraction of sp³-hybridized carbons (Fsp3) is 0.480. The number of likely N-dealkylation sites (tertiary alicyclic amines) is 1. The van der Waals surface area contributed by atoms with Gasteiger partial charge >= 0.3 is 5.97 Å². The Balaban J connectivity index is 1.29. The van der Waals surface area contributed by atoms with Gasteiger partial charge in [0.15, 0.2) is 0 Å². The summed E-state index contributed by atoms with van der Waals surface area (Å²) in [6.07, 6.45) is 2.75. The van der Waals surface area contributed by atoms with E-state index in [0.717, 1.165) is 28.5 Å². The van der Waals surface area contributed by atoms with Gasteiger partial charge in [0, 0.05) is 12.8 Å². The number of piperidine rings is 1. The van der Waals surface area contributed by atoms with Crippen LogP contribution in [0.15, 0.2) is 60.7 Å². The molecule has 2 aromatic rings. The molecule has 3 unspecified atom stereocenters. The van der Waals surface area contributed by atoms with Crippen LogP contribution in [0.4, 0.5) is 0 Å². The number of esters is 1. The maximum Gasteiger partial charge on any atom is 0.321 e. The van der Waals surface area contributed by atoms with E-state index in [1.165, 1.54) is 0 Å². The molecule has 4 nitrogen and oxygen atoms in total. The van der Waals surface area contributed by atoms with E-state index in [9.17, 15) is 4.79 Å². The number of rotatable bonds is 4. The molecule has 1 spiro atoms.